The number of fused-ring (bicyclic) bond motifs is 1. The lowest BCUT2D eigenvalue weighted by Gasteiger charge is -2.26. The van der Waals surface area contributed by atoms with E-state index in [1.54, 1.807) is 12.3 Å². The SMILES string of the molecule is Fc1cncc(CC23CCN2C3)c1. The van der Waals surface area contributed by atoms with Gasteiger partial charge in [-0.3, -0.25) is 9.88 Å². The molecule has 0 aromatic carbocycles. The molecule has 2 atom stereocenters. The average Bonchev–Trinajstić information content (AvgIpc) is 2.57. The number of pyridine rings is 1. The van der Waals surface area contributed by atoms with Crippen molar-refractivity contribution < 1.29 is 4.39 Å². The summed E-state index contributed by atoms with van der Waals surface area (Å²) in [5.41, 5.74) is 1.44. The maximum atomic E-state index is 12.8. The Morgan fingerprint density at radius 3 is 3.00 bits per heavy atom. The fourth-order valence-corrected chi connectivity index (χ4v) is 2.25. The number of halogens is 1. The van der Waals surface area contributed by atoms with E-state index in [0.29, 0.717) is 5.54 Å². The smallest absolute Gasteiger partial charge is 0.141 e. The molecule has 2 unspecified atom stereocenters. The summed E-state index contributed by atoms with van der Waals surface area (Å²) in [5.74, 6) is -0.222. The standard InChI is InChI=1S/C10H11FN2/c11-9-3-8(5-12-6-9)4-10-1-2-13(10)7-10/h3,5-6H,1-2,4,7H2. The van der Waals surface area contributed by atoms with Gasteiger partial charge in [0.05, 0.1) is 6.20 Å². The van der Waals surface area contributed by atoms with Gasteiger partial charge in [-0.05, 0) is 24.5 Å². The molecule has 1 aromatic heterocycles. The topological polar surface area (TPSA) is 15.9 Å². The van der Waals surface area contributed by atoms with Crippen LogP contribution in [-0.4, -0.2) is 28.5 Å². The van der Waals surface area contributed by atoms with Crippen LogP contribution in [0.4, 0.5) is 4.39 Å². The molecule has 2 fully saturated rings. The van der Waals surface area contributed by atoms with E-state index in [0.717, 1.165) is 12.0 Å². The quantitative estimate of drug-likeness (QED) is 0.633. The fourth-order valence-electron chi connectivity index (χ4n) is 2.25. The third kappa shape index (κ3) is 1.07. The Bertz CT molecular complexity index is 349. The Kier molecular flexibility index (Phi) is 1.31. The molecule has 3 rings (SSSR count). The summed E-state index contributed by atoms with van der Waals surface area (Å²) in [4.78, 5) is 6.28. The van der Waals surface area contributed by atoms with Crippen LogP contribution in [0.5, 0.6) is 0 Å². The number of hydrogen-bond donors (Lipinski definition) is 0. The van der Waals surface area contributed by atoms with Crippen molar-refractivity contribution in [3.63, 3.8) is 0 Å². The molecule has 0 saturated carbocycles. The number of aromatic nitrogens is 1. The molecule has 3 heteroatoms. The Balaban J connectivity index is 1.79. The first kappa shape index (κ1) is 7.44. The second-order valence-electron chi connectivity index (χ2n) is 4.08. The molecule has 0 spiro atoms. The van der Waals surface area contributed by atoms with Crippen molar-refractivity contribution in [1.29, 1.82) is 0 Å². The Morgan fingerprint density at radius 2 is 2.46 bits per heavy atom. The van der Waals surface area contributed by atoms with Crippen molar-refractivity contribution in [1.82, 2.24) is 9.88 Å². The van der Waals surface area contributed by atoms with E-state index in [1.807, 2.05) is 0 Å². The first-order valence-corrected chi connectivity index (χ1v) is 4.63. The van der Waals surface area contributed by atoms with Crippen LogP contribution in [0.15, 0.2) is 18.5 Å². The van der Waals surface area contributed by atoms with Gasteiger partial charge in [-0.2, -0.15) is 0 Å². The van der Waals surface area contributed by atoms with E-state index < -0.39 is 0 Å². The van der Waals surface area contributed by atoms with Gasteiger partial charge in [0.2, 0.25) is 0 Å². The van der Waals surface area contributed by atoms with Crippen LogP contribution >= 0.6 is 0 Å². The van der Waals surface area contributed by atoms with Crippen molar-refractivity contribution >= 4 is 0 Å². The zero-order chi connectivity index (χ0) is 8.89. The van der Waals surface area contributed by atoms with Crippen LogP contribution in [0.25, 0.3) is 0 Å². The first-order chi connectivity index (χ1) is 6.28. The van der Waals surface area contributed by atoms with Crippen molar-refractivity contribution in [3.05, 3.63) is 29.8 Å². The van der Waals surface area contributed by atoms with Crippen molar-refractivity contribution in [3.8, 4) is 0 Å². The van der Waals surface area contributed by atoms with Crippen LogP contribution < -0.4 is 0 Å². The second kappa shape index (κ2) is 2.29. The molecule has 2 aliphatic rings. The van der Waals surface area contributed by atoms with Gasteiger partial charge in [-0.15, -0.1) is 0 Å². The van der Waals surface area contributed by atoms with Gasteiger partial charge < -0.3 is 0 Å². The van der Waals surface area contributed by atoms with Gasteiger partial charge in [-0.1, -0.05) is 0 Å². The highest BCUT2D eigenvalue weighted by atomic mass is 19.1. The highest BCUT2D eigenvalue weighted by Crippen LogP contribution is 2.47. The summed E-state index contributed by atoms with van der Waals surface area (Å²) >= 11 is 0. The van der Waals surface area contributed by atoms with E-state index in [1.165, 1.54) is 25.7 Å². The van der Waals surface area contributed by atoms with Crippen LogP contribution in [-0.2, 0) is 6.42 Å². The van der Waals surface area contributed by atoms with Crippen molar-refractivity contribution in [2.24, 2.45) is 0 Å². The molecule has 2 saturated heterocycles. The van der Waals surface area contributed by atoms with Crippen LogP contribution in [0.3, 0.4) is 0 Å². The molecule has 0 aliphatic carbocycles. The molecule has 0 radical (unpaired) electrons. The van der Waals surface area contributed by atoms with Gasteiger partial charge in [0.1, 0.15) is 5.82 Å². The van der Waals surface area contributed by atoms with Crippen molar-refractivity contribution in [2.75, 3.05) is 13.1 Å². The maximum Gasteiger partial charge on any atom is 0.141 e. The predicted molar refractivity (Wildman–Crippen MR) is 46.8 cm³/mol. The molecule has 1 aromatic rings. The minimum Gasteiger partial charge on any atom is -0.294 e. The Morgan fingerprint density at radius 1 is 1.54 bits per heavy atom. The highest BCUT2D eigenvalue weighted by Gasteiger charge is 2.58. The monoisotopic (exact) mass is 178 g/mol. The molecular formula is C10H11FN2. The third-order valence-electron chi connectivity index (χ3n) is 3.19. The summed E-state index contributed by atoms with van der Waals surface area (Å²) in [5, 5.41) is 0. The lowest BCUT2D eigenvalue weighted by molar-refractivity contribution is 0.267. The molecule has 68 valence electrons. The lowest BCUT2D eigenvalue weighted by atomic mass is 9.93. The minimum absolute atomic E-state index is 0.222. The second-order valence-corrected chi connectivity index (χ2v) is 4.08. The van der Waals surface area contributed by atoms with Crippen LogP contribution in [0.2, 0.25) is 0 Å². The summed E-state index contributed by atoms with van der Waals surface area (Å²) in [7, 11) is 0. The zero-order valence-electron chi connectivity index (χ0n) is 7.33. The first-order valence-electron chi connectivity index (χ1n) is 4.63. The summed E-state index contributed by atoms with van der Waals surface area (Å²) in [6, 6.07) is 1.59. The van der Waals surface area contributed by atoms with E-state index in [-0.39, 0.29) is 5.82 Å². The molecular weight excluding hydrogens is 167 g/mol. The predicted octanol–water partition coefficient (Wildman–Crippen LogP) is 1.22. The molecule has 0 bridgehead atoms. The molecule has 2 aliphatic heterocycles. The average molecular weight is 178 g/mol. The molecule has 3 heterocycles. The van der Waals surface area contributed by atoms with E-state index in [9.17, 15) is 4.39 Å². The van der Waals surface area contributed by atoms with Crippen molar-refractivity contribution in [2.45, 2.75) is 18.4 Å². The van der Waals surface area contributed by atoms with E-state index in [4.69, 9.17) is 0 Å². The van der Waals surface area contributed by atoms with Gasteiger partial charge in [-0.25, -0.2) is 4.39 Å². The molecule has 2 nitrogen and oxygen atoms in total. The Hall–Kier alpha value is -0.960. The Labute approximate surface area is 76.4 Å². The molecule has 13 heavy (non-hydrogen) atoms. The molecule has 0 N–H and O–H groups in total. The fraction of sp³-hybridized carbons (Fsp3) is 0.500. The minimum atomic E-state index is -0.222. The van der Waals surface area contributed by atoms with Crippen LogP contribution in [0, 0.1) is 5.82 Å². The largest absolute Gasteiger partial charge is 0.294 e. The number of rotatable bonds is 2. The maximum absolute atomic E-state index is 12.8. The summed E-state index contributed by atoms with van der Waals surface area (Å²) < 4.78 is 12.8. The van der Waals surface area contributed by atoms with Gasteiger partial charge in [0.15, 0.2) is 0 Å². The molecule has 0 amide bonds. The highest BCUT2D eigenvalue weighted by molar-refractivity contribution is 5.24. The van der Waals surface area contributed by atoms with Gasteiger partial charge in [0, 0.05) is 24.8 Å². The lowest BCUT2D eigenvalue weighted by Crippen LogP contribution is -2.34. The van der Waals surface area contributed by atoms with Gasteiger partial charge in [0.25, 0.3) is 0 Å². The van der Waals surface area contributed by atoms with E-state index >= 15 is 0 Å². The van der Waals surface area contributed by atoms with Gasteiger partial charge >= 0.3 is 0 Å². The zero-order valence-corrected chi connectivity index (χ0v) is 7.33. The van der Waals surface area contributed by atoms with Crippen LogP contribution in [0.1, 0.15) is 12.0 Å². The van der Waals surface area contributed by atoms with E-state index in [2.05, 4.69) is 9.88 Å². The third-order valence-corrected chi connectivity index (χ3v) is 3.19. The normalized spacial score (nSPS) is 35.0. The number of nitrogens with zero attached hydrogens (tertiary/aromatic N) is 2. The summed E-state index contributed by atoms with van der Waals surface area (Å²) in [6.45, 7) is 2.42. The summed E-state index contributed by atoms with van der Waals surface area (Å²) in [6.07, 6.45) is 5.26. The number of hydrogen-bond acceptors (Lipinski definition) is 2.